The molecular weight excluding hydrogens is 194 g/mol. The molecule has 0 spiro atoms. The van der Waals surface area contributed by atoms with Crippen LogP contribution < -0.4 is 5.32 Å². The SMILES string of the molecule is C#CCC(CC)NC(=O)C1CCCS1. The van der Waals surface area contributed by atoms with Crippen molar-refractivity contribution in [2.24, 2.45) is 0 Å². The minimum absolute atomic E-state index is 0.161. The fraction of sp³-hybridized carbons (Fsp3) is 0.727. The summed E-state index contributed by atoms with van der Waals surface area (Å²) in [6.07, 6.45) is 8.95. The van der Waals surface area contributed by atoms with E-state index < -0.39 is 0 Å². The molecule has 1 aliphatic heterocycles. The van der Waals surface area contributed by atoms with Gasteiger partial charge in [-0.3, -0.25) is 4.79 Å². The first-order valence-corrected chi connectivity index (χ1v) is 6.18. The smallest absolute Gasteiger partial charge is 0.233 e. The summed E-state index contributed by atoms with van der Waals surface area (Å²) in [5.74, 6) is 3.88. The highest BCUT2D eigenvalue weighted by atomic mass is 32.2. The first-order valence-electron chi connectivity index (χ1n) is 5.13. The Balaban J connectivity index is 2.34. The lowest BCUT2D eigenvalue weighted by Gasteiger charge is -2.16. The van der Waals surface area contributed by atoms with E-state index in [1.165, 1.54) is 0 Å². The van der Waals surface area contributed by atoms with Crippen LogP contribution in [0, 0.1) is 12.3 Å². The number of amides is 1. The largest absolute Gasteiger partial charge is 0.351 e. The maximum absolute atomic E-state index is 11.7. The predicted molar refractivity (Wildman–Crippen MR) is 61.2 cm³/mol. The molecule has 2 nitrogen and oxygen atoms in total. The van der Waals surface area contributed by atoms with E-state index >= 15 is 0 Å². The number of carbonyl (C=O) groups excluding carboxylic acids is 1. The van der Waals surface area contributed by atoms with Crippen molar-refractivity contribution in [3.63, 3.8) is 0 Å². The molecule has 0 saturated carbocycles. The molecule has 0 aromatic heterocycles. The molecular formula is C11H17NOS. The van der Waals surface area contributed by atoms with Crippen LogP contribution in [0.5, 0.6) is 0 Å². The Morgan fingerprint density at radius 2 is 2.57 bits per heavy atom. The minimum atomic E-state index is 0.161. The molecule has 1 N–H and O–H groups in total. The monoisotopic (exact) mass is 211 g/mol. The summed E-state index contributed by atoms with van der Waals surface area (Å²) in [6.45, 7) is 2.05. The average Bonchev–Trinajstić information content (AvgIpc) is 2.69. The first kappa shape index (κ1) is 11.5. The lowest BCUT2D eigenvalue weighted by Crippen LogP contribution is -2.39. The van der Waals surface area contributed by atoms with Gasteiger partial charge >= 0.3 is 0 Å². The van der Waals surface area contributed by atoms with Crippen molar-refractivity contribution >= 4 is 17.7 Å². The fourth-order valence-corrected chi connectivity index (χ4v) is 2.69. The predicted octanol–water partition coefficient (Wildman–Crippen LogP) is 1.80. The lowest BCUT2D eigenvalue weighted by atomic mass is 10.1. The number of thioether (sulfide) groups is 1. The van der Waals surface area contributed by atoms with E-state index in [0.29, 0.717) is 6.42 Å². The molecule has 1 rings (SSSR count). The maximum atomic E-state index is 11.7. The van der Waals surface area contributed by atoms with Crippen LogP contribution in [-0.4, -0.2) is 23.0 Å². The maximum Gasteiger partial charge on any atom is 0.233 e. The Bertz CT molecular complexity index is 228. The second-order valence-electron chi connectivity index (χ2n) is 3.52. The van der Waals surface area contributed by atoms with E-state index in [2.05, 4.69) is 11.2 Å². The molecule has 14 heavy (non-hydrogen) atoms. The van der Waals surface area contributed by atoms with E-state index in [1.54, 1.807) is 11.8 Å². The molecule has 1 aliphatic rings. The Morgan fingerprint density at radius 3 is 3.07 bits per heavy atom. The second kappa shape index (κ2) is 5.98. The number of nitrogens with one attached hydrogen (secondary N) is 1. The summed E-state index contributed by atoms with van der Waals surface area (Å²) in [5, 5.41) is 3.18. The van der Waals surface area contributed by atoms with Crippen LogP contribution in [0.2, 0.25) is 0 Å². The summed E-state index contributed by atoms with van der Waals surface area (Å²) in [5.41, 5.74) is 0. The molecule has 0 aromatic carbocycles. The molecule has 1 saturated heterocycles. The van der Waals surface area contributed by atoms with E-state index in [9.17, 15) is 4.79 Å². The molecule has 2 unspecified atom stereocenters. The van der Waals surface area contributed by atoms with Crippen molar-refractivity contribution < 1.29 is 4.79 Å². The number of carbonyl (C=O) groups is 1. The summed E-state index contributed by atoms with van der Waals surface area (Å²) >= 11 is 1.76. The van der Waals surface area contributed by atoms with Crippen LogP contribution in [0.3, 0.4) is 0 Å². The van der Waals surface area contributed by atoms with Gasteiger partial charge in [0.15, 0.2) is 0 Å². The van der Waals surface area contributed by atoms with Gasteiger partial charge in [-0.15, -0.1) is 24.1 Å². The van der Waals surface area contributed by atoms with Crippen molar-refractivity contribution in [1.29, 1.82) is 0 Å². The fourth-order valence-electron chi connectivity index (χ4n) is 1.52. The number of hydrogen-bond donors (Lipinski definition) is 1. The molecule has 1 heterocycles. The standard InChI is InChI=1S/C11H17NOS/c1-3-6-9(4-2)12-11(13)10-7-5-8-14-10/h1,9-10H,4-8H2,2H3,(H,12,13). The van der Waals surface area contributed by atoms with Gasteiger partial charge in [0.05, 0.1) is 5.25 Å². The van der Waals surface area contributed by atoms with Gasteiger partial charge in [0, 0.05) is 12.5 Å². The van der Waals surface area contributed by atoms with E-state index in [4.69, 9.17) is 6.42 Å². The first-order chi connectivity index (χ1) is 6.77. The lowest BCUT2D eigenvalue weighted by molar-refractivity contribution is -0.121. The van der Waals surface area contributed by atoms with Gasteiger partial charge in [-0.1, -0.05) is 6.92 Å². The summed E-state index contributed by atoms with van der Waals surface area (Å²) < 4.78 is 0. The minimum Gasteiger partial charge on any atom is -0.351 e. The zero-order chi connectivity index (χ0) is 10.4. The molecule has 0 aromatic rings. The summed E-state index contributed by atoms with van der Waals surface area (Å²) in [6, 6.07) is 0.161. The van der Waals surface area contributed by atoms with Crippen molar-refractivity contribution in [3.8, 4) is 12.3 Å². The zero-order valence-electron chi connectivity index (χ0n) is 8.58. The van der Waals surface area contributed by atoms with Gasteiger partial charge in [-0.25, -0.2) is 0 Å². The normalized spacial score (nSPS) is 22.7. The van der Waals surface area contributed by atoms with Crippen LogP contribution >= 0.6 is 11.8 Å². The Kier molecular flexibility index (Phi) is 4.89. The average molecular weight is 211 g/mol. The Morgan fingerprint density at radius 1 is 1.79 bits per heavy atom. The third-order valence-electron chi connectivity index (χ3n) is 2.43. The topological polar surface area (TPSA) is 29.1 Å². The van der Waals surface area contributed by atoms with Crippen molar-refractivity contribution in [3.05, 3.63) is 0 Å². The highest BCUT2D eigenvalue weighted by Crippen LogP contribution is 2.26. The Labute approximate surface area is 90.2 Å². The van der Waals surface area contributed by atoms with Gasteiger partial charge < -0.3 is 5.32 Å². The van der Waals surface area contributed by atoms with Gasteiger partial charge in [0.2, 0.25) is 5.91 Å². The molecule has 78 valence electrons. The molecule has 1 amide bonds. The number of rotatable bonds is 4. The third-order valence-corrected chi connectivity index (χ3v) is 3.80. The summed E-state index contributed by atoms with van der Waals surface area (Å²) in [4.78, 5) is 11.7. The van der Waals surface area contributed by atoms with Crippen LogP contribution in [0.4, 0.5) is 0 Å². The van der Waals surface area contributed by atoms with Gasteiger partial charge in [-0.05, 0) is 25.0 Å². The number of terminal acetylenes is 1. The molecule has 2 atom stereocenters. The van der Waals surface area contributed by atoms with E-state index in [0.717, 1.165) is 25.0 Å². The third kappa shape index (κ3) is 3.26. The van der Waals surface area contributed by atoms with Crippen molar-refractivity contribution in [1.82, 2.24) is 5.32 Å². The van der Waals surface area contributed by atoms with Crippen molar-refractivity contribution in [2.75, 3.05) is 5.75 Å². The van der Waals surface area contributed by atoms with Crippen LogP contribution in [0.25, 0.3) is 0 Å². The van der Waals surface area contributed by atoms with Crippen LogP contribution in [-0.2, 0) is 4.79 Å². The Hall–Kier alpha value is -0.620. The van der Waals surface area contributed by atoms with Crippen LogP contribution in [0.15, 0.2) is 0 Å². The molecule has 3 heteroatoms. The number of hydrogen-bond acceptors (Lipinski definition) is 2. The highest BCUT2D eigenvalue weighted by molar-refractivity contribution is 8.00. The quantitative estimate of drug-likeness (QED) is 0.718. The molecule has 1 fully saturated rings. The van der Waals surface area contributed by atoms with Crippen LogP contribution in [0.1, 0.15) is 32.6 Å². The zero-order valence-corrected chi connectivity index (χ0v) is 9.40. The van der Waals surface area contributed by atoms with Gasteiger partial charge in [-0.2, -0.15) is 0 Å². The van der Waals surface area contributed by atoms with E-state index in [1.807, 2.05) is 6.92 Å². The van der Waals surface area contributed by atoms with Gasteiger partial charge in [0.25, 0.3) is 0 Å². The molecule has 0 radical (unpaired) electrons. The summed E-state index contributed by atoms with van der Waals surface area (Å²) in [7, 11) is 0. The molecule has 0 bridgehead atoms. The van der Waals surface area contributed by atoms with Gasteiger partial charge in [0.1, 0.15) is 0 Å². The highest BCUT2D eigenvalue weighted by Gasteiger charge is 2.24. The van der Waals surface area contributed by atoms with E-state index in [-0.39, 0.29) is 17.2 Å². The molecule has 0 aliphatic carbocycles. The second-order valence-corrected chi connectivity index (χ2v) is 4.83. The van der Waals surface area contributed by atoms with Crippen molar-refractivity contribution in [2.45, 2.75) is 43.9 Å².